The van der Waals surface area contributed by atoms with Crippen molar-refractivity contribution in [3.63, 3.8) is 0 Å². The number of fused-ring (bicyclic) bond motifs is 1. The van der Waals surface area contributed by atoms with Crippen LogP contribution >= 0.6 is 11.6 Å². The second kappa shape index (κ2) is 7.23. The number of hydrogen-bond donors (Lipinski definition) is 1. The maximum atomic E-state index is 12.8. The van der Waals surface area contributed by atoms with Gasteiger partial charge in [-0.15, -0.1) is 0 Å². The Morgan fingerprint density at radius 3 is 2.42 bits per heavy atom. The van der Waals surface area contributed by atoms with Gasteiger partial charge >= 0.3 is 0 Å². The number of aldehydes is 1. The molecule has 0 spiro atoms. The summed E-state index contributed by atoms with van der Waals surface area (Å²) in [5.41, 5.74) is 2.35. The number of hydrogen-bond acceptors (Lipinski definition) is 3. The van der Waals surface area contributed by atoms with E-state index in [2.05, 4.69) is 4.98 Å². The molecule has 0 saturated carbocycles. The quantitative estimate of drug-likeness (QED) is 0.637. The van der Waals surface area contributed by atoms with Crippen LogP contribution in [0.25, 0.3) is 22.2 Å². The minimum atomic E-state index is -3.60. The van der Waals surface area contributed by atoms with Crippen LogP contribution in [0.1, 0.15) is 24.2 Å². The lowest BCUT2D eigenvalue weighted by Crippen LogP contribution is -2.30. The minimum Gasteiger partial charge on any atom is -0.354 e. The van der Waals surface area contributed by atoms with Crippen LogP contribution in [-0.4, -0.2) is 37.1 Å². The number of sulfonamides is 1. The highest BCUT2D eigenvalue weighted by molar-refractivity contribution is 7.89. The maximum absolute atomic E-state index is 12.8. The molecule has 1 N–H and O–H groups in total. The van der Waals surface area contributed by atoms with Gasteiger partial charge in [0, 0.05) is 40.1 Å². The van der Waals surface area contributed by atoms with Crippen LogP contribution in [-0.2, 0) is 10.0 Å². The van der Waals surface area contributed by atoms with Gasteiger partial charge in [0.1, 0.15) is 0 Å². The molecule has 0 bridgehead atoms. The van der Waals surface area contributed by atoms with E-state index in [9.17, 15) is 13.2 Å². The first-order valence-electron chi connectivity index (χ1n) is 8.30. The molecule has 5 nitrogen and oxygen atoms in total. The second-order valence-electron chi connectivity index (χ2n) is 5.81. The molecule has 0 aliphatic carbocycles. The van der Waals surface area contributed by atoms with Gasteiger partial charge in [-0.1, -0.05) is 43.6 Å². The Morgan fingerprint density at radius 1 is 1.12 bits per heavy atom. The smallest absolute Gasteiger partial charge is 0.243 e. The van der Waals surface area contributed by atoms with E-state index in [0.29, 0.717) is 45.8 Å². The number of halogens is 1. The fourth-order valence-electron chi connectivity index (χ4n) is 3.06. The van der Waals surface area contributed by atoms with E-state index in [1.807, 2.05) is 18.2 Å². The van der Waals surface area contributed by atoms with Gasteiger partial charge in [0.15, 0.2) is 6.29 Å². The molecule has 0 atom stereocenters. The molecule has 1 aromatic heterocycles. The zero-order valence-corrected chi connectivity index (χ0v) is 16.1. The third-order valence-electron chi connectivity index (χ3n) is 4.41. The molecule has 3 aromatic rings. The van der Waals surface area contributed by atoms with Gasteiger partial charge in [0.05, 0.1) is 10.6 Å². The third-order valence-corrected chi connectivity index (χ3v) is 6.79. The molecule has 0 amide bonds. The Morgan fingerprint density at radius 2 is 1.81 bits per heavy atom. The normalized spacial score (nSPS) is 12.0. The highest BCUT2D eigenvalue weighted by Crippen LogP contribution is 2.34. The van der Waals surface area contributed by atoms with Gasteiger partial charge in [-0.05, 0) is 24.3 Å². The summed E-state index contributed by atoms with van der Waals surface area (Å²) in [5.74, 6) is 0. The summed E-state index contributed by atoms with van der Waals surface area (Å²) in [6.07, 6.45) is 0.727. The maximum Gasteiger partial charge on any atom is 0.243 e. The molecule has 0 aliphatic heterocycles. The van der Waals surface area contributed by atoms with Gasteiger partial charge in [-0.25, -0.2) is 8.42 Å². The molecule has 0 aliphatic rings. The molecule has 0 radical (unpaired) electrons. The zero-order chi connectivity index (χ0) is 18.9. The largest absolute Gasteiger partial charge is 0.354 e. The summed E-state index contributed by atoms with van der Waals surface area (Å²) < 4.78 is 26.9. The number of carbonyl (C=O) groups excluding carboxylic acids is 1. The lowest BCUT2D eigenvalue weighted by Gasteiger charge is -2.18. The molecule has 0 fully saturated rings. The van der Waals surface area contributed by atoms with E-state index >= 15 is 0 Å². The third kappa shape index (κ3) is 3.05. The Labute approximate surface area is 157 Å². The number of H-pyrrole nitrogens is 1. The van der Waals surface area contributed by atoms with Crippen molar-refractivity contribution in [3.8, 4) is 11.3 Å². The minimum absolute atomic E-state index is 0.168. The van der Waals surface area contributed by atoms with Crippen molar-refractivity contribution in [2.24, 2.45) is 0 Å². The first-order chi connectivity index (χ1) is 12.4. The first kappa shape index (κ1) is 18.6. The number of benzene rings is 2. The summed E-state index contributed by atoms with van der Waals surface area (Å²) in [5, 5.41) is 1.07. The highest BCUT2D eigenvalue weighted by atomic mass is 35.5. The van der Waals surface area contributed by atoms with E-state index < -0.39 is 10.0 Å². The second-order valence-corrected chi connectivity index (χ2v) is 8.15. The van der Waals surface area contributed by atoms with Crippen LogP contribution in [0.4, 0.5) is 0 Å². The van der Waals surface area contributed by atoms with Crippen molar-refractivity contribution in [1.82, 2.24) is 9.29 Å². The van der Waals surface area contributed by atoms with Crippen LogP contribution < -0.4 is 0 Å². The average Bonchev–Trinajstić information content (AvgIpc) is 3.00. The van der Waals surface area contributed by atoms with E-state index in [0.717, 1.165) is 6.29 Å². The van der Waals surface area contributed by atoms with Crippen molar-refractivity contribution >= 4 is 38.8 Å². The van der Waals surface area contributed by atoms with Crippen LogP contribution in [0.5, 0.6) is 0 Å². The number of aromatic nitrogens is 1. The molecular formula is C19H19ClN2O3S. The van der Waals surface area contributed by atoms with Crippen molar-refractivity contribution in [3.05, 3.63) is 53.1 Å². The monoisotopic (exact) mass is 390 g/mol. The van der Waals surface area contributed by atoms with Crippen LogP contribution in [0.15, 0.2) is 47.4 Å². The zero-order valence-electron chi connectivity index (χ0n) is 14.5. The fraction of sp³-hybridized carbons (Fsp3) is 0.211. The Bertz CT molecular complexity index is 1070. The van der Waals surface area contributed by atoms with Crippen LogP contribution in [0, 0.1) is 0 Å². The number of nitrogens with zero attached hydrogens (tertiary/aromatic N) is 1. The van der Waals surface area contributed by atoms with Crippen molar-refractivity contribution in [2.75, 3.05) is 13.1 Å². The Balaban J connectivity index is 2.23. The molecule has 3 rings (SSSR count). The number of rotatable bonds is 6. The molecule has 2 aromatic carbocycles. The van der Waals surface area contributed by atoms with E-state index in [4.69, 9.17) is 11.6 Å². The van der Waals surface area contributed by atoms with Gasteiger partial charge in [-0.3, -0.25) is 4.79 Å². The lowest BCUT2D eigenvalue weighted by molar-refractivity contribution is 0.112. The molecule has 136 valence electrons. The standard InChI is InChI=1S/C19H19ClN2O3S/c1-3-22(4-2)26(24,25)13-9-10-18-15(11-13)16(12-23)19(21-18)14-7-5-6-8-17(14)20/h5-12,21H,3-4H2,1-2H3. The molecule has 26 heavy (non-hydrogen) atoms. The molecular weight excluding hydrogens is 372 g/mol. The van der Waals surface area contributed by atoms with Crippen LogP contribution in [0.3, 0.4) is 0 Å². The van der Waals surface area contributed by atoms with Crippen molar-refractivity contribution in [1.29, 1.82) is 0 Å². The first-order valence-corrected chi connectivity index (χ1v) is 10.1. The predicted molar refractivity (Wildman–Crippen MR) is 104 cm³/mol. The number of carbonyl (C=O) groups is 1. The molecule has 1 heterocycles. The summed E-state index contributed by atoms with van der Waals surface area (Å²) in [7, 11) is -3.60. The summed E-state index contributed by atoms with van der Waals surface area (Å²) in [6, 6.07) is 12.0. The summed E-state index contributed by atoms with van der Waals surface area (Å²) in [4.78, 5) is 15.1. The van der Waals surface area contributed by atoms with Gasteiger partial charge in [0.2, 0.25) is 10.0 Å². The average molecular weight is 391 g/mol. The Kier molecular flexibility index (Phi) is 5.18. The van der Waals surface area contributed by atoms with Gasteiger partial charge < -0.3 is 4.98 Å². The van der Waals surface area contributed by atoms with Crippen molar-refractivity contribution in [2.45, 2.75) is 18.7 Å². The SMILES string of the molecule is CCN(CC)S(=O)(=O)c1ccc2[nH]c(-c3ccccc3Cl)c(C=O)c2c1. The van der Waals surface area contributed by atoms with E-state index in [-0.39, 0.29) is 4.90 Å². The van der Waals surface area contributed by atoms with Crippen LogP contribution in [0.2, 0.25) is 5.02 Å². The van der Waals surface area contributed by atoms with E-state index in [1.54, 1.807) is 38.1 Å². The topological polar surface area (TPSA) is 70.2 Å². The van der Waals surface area contributed by atoms with Gasteiger partial charge in [-0.2, -0.15) is 4.31 Å². The predicted octanol–water partition coefficient (Wildman–Crippen LogP) is 4.33. The molecule has 0 saturated heterocycles. The van der Waals surface area contributed by atoms with Gasteiger partial charge in [0.25, 0.3) is 0 Å². The summed E-state index contributed by atoms with van der Waals surface area (Å²) >= 11 is 6.26. The molecule has 7 heteroatoms. The fourth-order valence-corrected chi connectivity index (χ4v) is 4.78. The number of nitrogens with one attached hydrogen (secondary N) is 1. The molecule has 0 unspecified atom stereocenters. The number of aromatic amines is 1. The highest BCUT2D eigenvalue weighted by Gasteiger charge is 2.23. The lowest BCUT2D eigenvalue weighted by atomic mass is 10.1. The summed E-state index contributed by atoms with van der Waals surface area (Å²) in [6.45, 7) is 4.36. The van der Waals surface area contributed by atoms with E-state index in [1.165, 1.54) is 4.31 Å². The Hall–Kier alpha value is -2.15. The van der Waals surface area contributed by atoms with Crippen molar-refractivity contribution < 1.29 is 13.2 Å².